The molecule has 0 unspecified atom stereocenters. The molecule has 3 heteroatoms. The highest BCUT2D eigenvalue weighted by atomic mass is 16.4. The Morgan fingerprint density at radius 2 is 1.79 bits per heavy atom. The second-order valence-electron chi connectivity index (χ2n) is 3.31. The van der Waals surface area contributed by atoms with Crippen LogP contribution in [0.15, 0.2) is 39.7 Å². The highest BCUT2D eigenvalue weighted by molar-refractivity contribution is 5.35. The first-order valence-corrected chi connectivity index (χ1v) is 4.42. The molecule has 0 atom stereocenters. The smallest absolute Gasteiger partial charge is 0.416 e. The summed E-state index contributed by atoms with van der Waals surface area (Å²) in [5.41, 5.74) is 2.81. The van der Waals surface area contributed by atoms with Crippen LogP contribution in [0.25, 0.3) is 5.69 Å². The van der Waals surface area contributed by atoms with Crippen LogP contribution in [0.5, 0.6) is 0 Å². The molecule has 0 saturated carbocycles. The molecule has 1 aromatic heterocycles. The lowest BCUT2D eigenvalue weighted by Gasteiger charge is -2.02. The molecule has 72 valence electrons. The zero-order valence-corrected chi connectivity index (χ0v) is 8.15. The number of aryl methyl sites for hydroxylation is 2. The van der Waals surface area contributed by atoms with Gasteiger partial charge in [0.05, 0.1) is 11.4 Å². The molecule has 1 aromatic carbocycles. The summed E-state index contributed by atoms with van der Waals surface area (Å²) >= 11 is 0. The van der Waals surface area contributed by atoms with E-state index < -0.39 is 0 Å². The van der Waals surface area contributed by atoms with Gasteiger partial charge in [-0.3, -0.25) is 0 Å². The van der Waals surface area contributed by atoms with E-state index in [1.165, 1.54) is 11.8 Å². The molecule has 3 nitrogen and oxygen atoms in total. The van der Waals surface area contributed by atoms with E-state index in [1.807, 2.05) is 38.1 Å². The van der Waals surface area contributed by atoms with E-state index >= 15 is 0 Å². The third kappa shape index (κ3) is 1.37. The van der Waals surface area contributed by atoms with Gasteiger partial charge in [-0.15, -0.1) is 0 Å². The molecule has 2 aromatic rings. The van der Waals surface area contributed by atoms with E-state index in [0.717, 1.165) is 11.4 Å². The van der Waals surface area contributed by atoms with Gasteiger partial charge in [0.15, 0.2) is 0 Å². The van der Waals surface area contributed by atoms with Crippen molar-refractivity contribution < 1.29 is 4.42 Å². The minimum absolute atomic E-state index is 0.341. The predicted molar refractivity (Wildman–Crippen MR) is 53.8 cm³/mol. The second kappa shape index (κ2) is 3.18. The second-order valence-corrected chi connectivity index (χ2v) is 3.31. The lowest BCUT2D eigenvalue weighted by molar-refractivity contribution is 0.504. The molecule has 14 heavy (non-hydrogen) atoms. The number of hydrogen-bond acceptors (Lipinski definition) is 2. The summed E-state index contributed by atoms with van der Waals surface area (Å²) in [5, 5.41) is 0. The molecule has 0 saturated heterocycles. The first-order valence-electron chi connectivity index (χ1n) is 4.42. The van der Waals surface area contributed by atoms with Gasteiger partial charge < -0.3 is 4.42 Å². The highest BCUT2D eigenvalue weighted by Gasteiger charge is 2.05. The van der Waals surface area contributed by atoms with Crippen molar-refractivity contribution in [2.75, 3.05) is 0 Å². The summed E-state index contributed by atoms with van der Waals surface area (Å²) in [6.45, 7) is 3.85. The van der Waals surface area contributed by atoms with Crippen LogP contribution in [0, 0.1) is 13.8 Å². The van der Waals surface area contributed by atoms with Gasteiger partial charge in [-0.25, -0.2) is 9.36 Å². The van der Waals surface area contributed by atoms with Gasteiger partial charge in [-0.2, -0.15) is 0 Å². The fourth-order valence-corrected chi connectivity index (χ4v) is 1.39. The zero-order chi connectivity index (χ0) is 10.1. The normalized spacial score (nSPS) is 10.4. The van der Waals surface area contributed by atoms with Crippen molar-refractivity contribution in [1.82, 2.24) is 4.57 Å². The maximum Gasteiger partial charge on any atom is 0.423 e. The van der Waals surface area contributed by atoms with Crippen LogP contribution in [-0.4, -0.2) is 4.57 Å². The maximum absolute atomic E-state index is 11.3. The van der Waals surface area contributed by atoms with Crippen molar-refractivity contribution >= 4 is 0 Å². The number of nitrogens with zero attached hydrogens (tertiary/aromatic N) is 1. The molecule has 0 fully saturated rings. The Labute approximate surface area is 81.6 Å². The first kappa shape index (κ1) is 8.81. The van der Waals surface area contributed by atoms with Crippen LogP contribution in [0.4, 0.5) is 0 Å². The third-order valence-corrected chi connectivity index (χ3v) is 2.16. The van der Waals surface area contributed by atoms with Crippen molar-refractivity contribution in [2.24, 2.45) is 0 Å². The van der Waals surface area contributed by atoms with Crippen molar-refractivity contribution in [3.05, 3.63) is 52.3 Å². The average molecular weight is 189 g/mol. The standard InChI is InChI=1S/C11H11NO2/c1-8-3-5-10(6-4-8)12-9(2)7-14-11(12)13/h3-7H,1-2H3. The van der Waals surface area contributed by atoms with Crippen LogP contribution >= 0.6 is 0 Å². The summed E-state index contributed by atoms with van der Waals surface area (Å²) in [5.74, 6) is -0.341. The van der Waals surface area contributed by atoms with Gasteiger partial charge in [0.25, 0.3) is 0 Å². The van der Waals surface area contributed by atoms with Gasteiger partial charge in [0.2, 0.25) is 0 Å². The quantitative estimate of drug-likeness (QED) is 0.688. The number of oxazole rings is 1. The van der Waals surface area contributed by atoms with E-state index in [0.29, 0.717) is 0 Å². The van der Waals surface area contributed by atoms with E-state index in [2.05, 4.69) is 0 Å². The lowest BCUT2D eigenvalue weighted by Crippen LogP contribution is -2.13. The Hall–Kier alpha value is -1.77. The average Bonchev–Trinajstić information content (AvgIpc) is 2.49. The van der Waals surface area contributed by atoms with Crippen LogP contribution in [0.3, 0.4) is 0 Å². The zero-order valence-electron chi connectivity index (χ0n) is 8.15. The van der Waals surface area contributed by atoms with Crippen molar-refractivity contribution in [3.63, 3.8) is 0 Å². The van der Waals surface area contributed by atoms with E-state index in [1.54, 1.807) is 4.57 Å². The maximum atomic E-state index is 11.3. The molecule has 2 rings (SSSR count). The minimum Gasteiger partial charge on any atom is -0.416 e. The van der Waals surface area contributed by atoms with Crippen LogP contribution in [-0.2, 0) is 0 Å². The Morgan fingerprint density at radius 3 is 2.29 bits per heavy atom. The Balaban J connectivity index is 2.60. The van der Waals surface area contributed by atoms with E-state index in [4.69, 9.17) is 4.42 Å². The Bertz CT molecular complexity index is 491. The van der Waals surface area contributed by atoms with E-state index in [-0.39, 0.29) is 5.76 Å². The number of hydrogen-bond donors (Lipinski definition) is 0. The highest BCUT2D eigenvalue weighted by Crippen LogP contribution is 2.09. The molecule has 0 spiro atoms. The van der Waals surface area contributed by atoms with Gasteiger partial charge in [0, 0.05) is 0 Å². The van der Waals surface area contributed by atoms with Crippen LogP contribution < -0.4 is 5.76 Å². The number of aromatic nitrogens is 1. The number of rotatable bonds is 1. The van der Waals surface area contributed by atoms with Crippen LogP contribution in [0.1, 0.15) is 11.3 Å². The molecule has 0 aliphatic carbocycles. The molecule has 0 radical (unpaired) electrons. The van der Waals surface area contributed by atoms with Crippen molar-refractivity contribution in [1.29, 1.82) is 0 Å². The van der Waals surface area contributed by atoms with Gasteiger partial charge in [-0.05, 0) is 26.0 Å². The SMILES string of the molecule is Cc1ccc(-n2c(C)coc2=O)cc1. The van der Waals surface area contributed by atoms with Gasteiger partial charge in [0.1, 0.15) is 6.26 Å². The largest absolute Gasteiger partial charge is 0.423 e. The molecular formula is C11H11NO2. The summed E-state index contributed by atoms with van der Waals surface area (Å²) < 4.78 is 6.33. The van der Waals surface area contributed by atoms with Crippen LogP contribution in [0.2, 0.25) is 0 Å². The monoisotopic (exact) mass is 189 g/mol. The van der Waals surface area contributed by atoms with Crippen molar-refractivity contribution in [2.45, 2.75) is 13.8 Å². The molecular weight excluding hydrogens is 178 g/mol. The lowest BCUT2D eigenvalue weighted by atomic mass is 10.2. The topological polar surface area (TPSA) is 35.1 Å². The van der Waals surface area contributed by atoms with Gasteiger partial charge in [-0.1, -0.05) is 17.7 Å². The molecule has 0 aliphatic heterocycles. The van der Waals surface area contributed by atoms with Crippen molar-refractivity contribution in [3.8, 4) is 5.69 Å². The van der Waals surface area contributed by atoms with E-state index in [9.17, 15) is 4.79 Å². The molecule has 0 amide bonds. The molecule has 0 aliphatic rings. The summed E-state index contributed by atoms with van der Waals surface area (Å²) in [4.78, 5) is 11.3. The van der Waals surface area contributed by atoms with Gasteiger partial charge >= 0.3 is 5.76 Å². The Morgan fingerprint density at radius 1 is 1.14 bits per heavy atom. The molecule has 1 heterocycles. The Kier molecular flexibility index (Phi) is 2.00. The molecule has 0 bridgehead atoms. The fraction of sp³-hybridized carbons (Fsp3) is 0.182. The summed E-state index contributed by atoms with van der Waals surface area (Å²) in [6.07, 6.45) is 1.46. The minimum atomic E-state index is -0.341. The fourth-order valence-electron chi connectivity index (χ4n) is 1.39. The summed E-state index contributed by atoms with van der Waals surface area (Å²) in [6, 6.07) is 7.74. The third-order valence-electron chi connectivity index (χ3n) is 2.16. The predicted octanol–water partition coefficient (Wildman–Crippen LogP) is 2.05. The molecule has 0 N–H and O–H groups in total. The summed E-state index contributed by atoms with van der Waals surface area (Å²) in [7, 11) is 0. The first-order chi connectivity index (χ1) is 6.68. The number of benzene rings is 1.